The highest BCUT2D eigenvalue weighted by Crippen LogP contribution is 2.26. The lowest BCUT2D eigenvalue weighted by atomic mass is 10.1. The molecule has 14 heavy (non-hydrogen) atoms. The van der Waals surface area contributed by atoms with Gasteiger partial charge in [-0.25, -0.2) is 0 Å². The Morgan fingerprint density at radius 3 is 2.71 bits per heavy atom. The molecule has 1 rings (SSSR count). The number of benzene rings is 1. The van der Waals surface area contributed by atoms with Crippen LogP contribution in [0.2, 0.25) is 10.0 Å². The van der Waals surface area contributed by atoms with Crippen molar-refractivity contribution >= 4 is 23.2 Å². The summed E-state index contributed by atoms with van der Waals surface area (Å²) in [7, 11) is 0. The Balaban J connectivity index is 2.54. The van der Waals surface area contributed by atoms with Gasteiger partial charge < -0.3 is 5.11 Å². The number of aliphatic hydroxyl groups is 1. The summed E-state index contributed by atoms with van der Waals surface area (Å²) in [6.45, 7) is 1.79. The van der Waals surface area contributed by atoms with E-state index in [1.807, 2.05) is 12.1 Å². The number of hydrogen-bond donors (Lipinski definition) is 1. The maximum absolute atomic E-state index is 9.10. The predicted octanol–water partition coefficient (Wildman–Crippen LogP) is 3.70. The highest BCUT2D eigenvalue weighted by atomic mass is 35.5. The minimum Gasteiger partial charge on any atom is -0.393 e. The molecule has 1 nitrogen and oxygen atoms in total. The van der Waals surface area contributed by atoms with Crippen molar-refractivity contribution in [3.8, 4) is 0 Å². The Morgan fingerprint density at radius 2 is 2.07 bits per heavy atom. The van der Waals surface area contributed by atoms with E-state index in [-0.39, 0.29) is 6.10 Å². The lowest BCUT2D eigenvalue weighted by molar-refractivity contribution is 0.182. The molecule has 1 N–H and O–H groups in total. The zero-order valence-electron chi connectivity index (χ0n) is 8.13. The average molecular weight is 233 g/mol. The van der Waals surface area contributed by atoms with Crippen LogP contribution in [-0.4, -0.2) is 11.2 Å². The van der Waals surface area contributed by atoms with Gasteiger partial charge in [-0.1, -0.05) is 35.3 Å². The SMILES string of the molecule is CC(O)CCCc1cccc(Cl)c1Cl. The molecule has 1 unspecified atom stereocenters. The lowest BCUT2D eigenvalue weighted by Gasteiger charge is -2.06. The van der Waals surface area contributed by atoms with Crippen molar-refractivity contribution in [3.63, 3.8) is 0 Å². The third kappa shape index (κ3) is 3.49. The molecule has 0 radical (unpaired) electrons. The van der Waals surface area contributed by atoms with Crippen molar-refractivity contribution in [1.29, 1.82) is 0 Å². The smallest absolute Gasteiger partial charge is 0.0624 e. The van der Waals surface area contributed by atoms with Gasteiger partial charge in [-0.15, -0.1) is 0 Å². The summed E-state index contributed by atoms with van der Waals surface area (Å²) in [5, 5.41) is 10.3. The molecule has 1 aromatic rings. The van der Waals surface area contributed by atoms with E-state index in [4.69, 9.17) is 28.3 Å². The van der Waals surface area contributed by atoms with E-state index in [9.17, 15) is 0 Å². The lowest BCUT2D eigenvalue weighted by Crippen LogP contribution is -2.00. The van der Waals surface area contributed by atoms with Crippen LogP contribution < -0.4 is 0 Å². The first-order valence-corrected chi connectivity index (χ1v) is 5.48. The molecular weight excluding hydrogens is 219 g/mol. The van der Waals surface area contributed by atoms with Crippen LogP contribution in [0.4, 0.5) is 0 Å². The quantitative estimate of drug-likeness (QED) is 0.840. The summed E-state index contributed by atoms with van der Waals surface area (Å²) in [4.78, 5) is 0. The third-order valence-corrected chi connectivity index (χ3v) is 2.96. The van der Waals surface area contributed by atoms with Crippen LogP contribution in [0.5, 0.6) is 0 Å². The number of halogens is 2. The summed E-state index contributed by atoms with van der Waals surface area (Å²) in [6, 6.07) is 5.64. The second-order valence-electron chi connectivity index (χ2n) is 3.45. The Labute approximate surface area is 94.7 Å². The van der Waals surface area contributed by atoms with Crippen molar-refractivity contribution in [2.75, 3.05) is 0 Å². The van der Waals surface area contributed by atoms with E-state index in [1.165, 1.54) is 0 Å². The minimum atomic E-state index is -0.243. The molecule has 78 valence electrons. The van der Waals surface area contributed by atoms with E-state index in [0.717, 1.165) is 24.8 Å². The van der Waals surface area contributed by atoms with E-state index in [1.54, 1.807) is 13.0 Å². The van der Waals surface area contributed by atoms with Gasteiger partial charge in [0.25, 0.3) is 0 Å². The normalized spacial score (nSPS) is 12.9. The molecule has 1 aromatic carbocycles. The van der Waals surface area contributed by atoms with E-state index < -0.39 is 0 Å². The van der Waals surface area contributed by atoms with E-state index in [0.29, 0.717) is 10.0 Å². The van der Waals surface area contributed by atoms with Crippen LogP contribution in [0.25, 0.3) is 0 Å². The van der Waals surface area contributed by atoms with Crippen LogP contribution in [0.3, 0.4) is 0 Å². The summed E-state index contributed by atoms with van der Waals surface area (Å²) in [5.41, 5.74) is 1.06. The van der Waals surface area contributed by atoms with Crippen LogP contribution in [0.15, 0.2) is 18.2 Å². The van der Waals surface area contributed by atoms with Gasteiger partial charge in [0.05, 0.1) is 16.1 Å². The van der Waals surface area contributed by atoms with Crippen molar-refractivity contribution < 1.29 is 5.11 Å². The topological polar surface area (TPSA) is 20.2 Å². The third-order valence-electron chi connectivity index (χ3n) is 2.10. The fourth-order valence-electron chi connectivity index (χ4n) is 1.33. The molecule has 0 saturated heterocycles. The number of aryl methyl sites for hydroxylation is 1. The molecule has 0 aromatic heterocycles. The van der Waals surface area contributed by atoms with Crippen LogP contribution in [0.1, 0.15) is 25.3 Å². The molecule has 0 amide bonds. The number of aliphatic hydroxyl groups excluding tert-OH is 1. The predicted molar refractivity (Wildman–Crippen MR) is 61.1 cm³/mol. The van der Waals surface area contributed by atoms with Gasteiger partial charge >= 0.3 is 0 Å². The standard InChI is InChI=1S/C11H14Cl2O/c1-8(14)4-2-5-9-6-3-7-10(12)11(9)13/h3,6-8,14H,2,4-5H2,1H3. The Kier molecular flexibility index (Phi) is 4.73. The molecule has 0 aliphatic carbocycles. The van der Waals surface area contributed by atoms with Gasteiger partial charge in [0.2, 0.25) is 0 Å². The average Bonchev–Trinajstić information content (AvgIpc) is 2.12. The van der Waals surface area contributed by atoms with Crippen LogP contribution >= 0.6 is 23.2 Å². The summed E-state index contributed by atoms with van der Waals surface area (Å²) in [6.07, 6.45) is 2.35. The van der Waals surface area contributed by atoms with E-state index in [2.05, 4.69) is 0 Å². The number of rotatable bonds is 4. The largest absolute Gasteiger partial charge is 0.393 e. The maximum Gasteiger partial charge on any atom is 0.0624 e. The first-order valence-electron chi connectivity index (χ1n) is 4.72. The molecule has 0 bridgehead atoms. The molecule has 0 fully saturated rings. The zero-order chi connectivity index (χ0) is 10.6. The first-order chi connectivity index (χ1) is 6.61. The Morgan fingerprint density at radius 1 is 1.36 bits per heavy atom. The molecule has 0 saturated carbocycles. The van der Waals surface area contributed by atoms with Gasteiger partial charge in [-0.05, 0) is 37.8 Å². The molecule has 0 heterocycles. The molecular formula is C11H14Cl2O. The molecule has 3 heteroatoms. The monoisotopic (exact) mass is 232 g/mol. The second-order valence-corrected chi connectivity index (χ2v) is 4.24. The minimum absolute atomic E-state index is 0.243. The second kappa shape index (κ2) is 5.59. The van der Waals surface area contributed by atoms with Crippen molar-refractivity contribution in [1.82, 2.24) is 0 Å². The fraction of sp³-hybridized carbons (Fsp3) is 0.455. The molecule has 0 aliphatic heterocycles. The van der Waals surface area contributed by atoms with Crippen molar-refractivity contribution in [2.45, 2.75) is 32.3 Å². The molecule has 0 aliphatic rings. The molecule has 1 atom stereocenters. The molecule has 0 spiro atoms. The Hall–Kier alpha value is -0.240. The summed E-state index contributed by atoms with van der Waals surface area (Å²) in [5.74, 6) is 0. The van der Waals surface area contributed by atoms with Gasteiger partial charge in [0.1, 0.15) is 0 Å². The van der Waals surface area contributed by atoms with Crippen LogP contribution in [-0.2, 0) is 6.42 Å². The number of hydrogen-bond acceptors (Lipinski definition) is 1. The maximum atomic E-state index is 9.10. The van der Waals surface area contributed by atoms with Crippen molar-refractivity contribution in [2.24, 2.45) is 0 Å². The first kappa shape index (κ1) is 11.8. The van der Waals surface area contributed by atoms with Gasteiger partial charge in [-0.2, -0.15) is 0 Å². The Bertz CT molecular complexity index is 297. The highest BCUT2D eigenvalue weighted by molar-refractivity contribution is 6.42. The highest BCUT2D eigenvalue weighted by Gasteiger charge is 2.04. The van der Waals surface area contributed by atoms with Crippen molar-refractivity contribution in [3.05, 3.63) is 33.8 Å². The summed E-state index contributed by atoms with van der Waals surface area (Å²) < 4.78 is 0. The zero-order valence-corrected chi connectivity index (χ0v) is 9.65. The fourth-order valence-corrected chi connectivity index (χ4v) is 1.74. The van der Waals surface area contributed by atoms with Crippen LogP contribution in [0, 0.1) is 0 Å². The van der Waals surface area contributed by atoms with Gasteiger partial charge in [0.15, 0.2) is 0 Å². The van der Waals surface area contributed by atoms with Gasteiger partial charge in [-0.3, -0.25) is 0 Å². The van der Waals surface area contributed by atoms with E-state index >= 15 is 0 Å². The van der Waals surface area contributed by atoms with Gasteiger partial charge in [0, 0.05) is 0 Å². The summed E-state index contributed by atoms with van der Waals surface area (Å²) >= 11 is 11.9.